The van der Waals surface area contributed by atoms with Gasteiger partial charge in [0.1, 0.15) is 17.6 Å². The third-order valence-corrected chi connectivity index (χ3v) is 6.88. The minimum Gasteiger partial charge on any atom is -0.462 e. The van der Waals surface area contributed by atoms with Crippen LogP contribution in [0.5, 0.6) is 0 Å². The van der Waals surface area contributed by atoms with Gasteiger partial charge >= 0.3 is 12.1 Å². The SMILES string of the molecule is O=C1CC(O)CC(CCn2c(-c3ccc(F)cc3)c(-c3ccccc3)c(C(=O)Nc3ccccc3)c2C(F)(F)F)O1. The van der Waals surface area contributed by atoms with Crippen molar-refractivity contribution in [2.24, 2.45) is 0 Å². The van der Waals surface area contributed by atoms with E-state index >= 15 is 13.2 Å². The number of halogens is 4. The minimum absolute atomic E-state index is 0.0265. The number of alkyl halides is 3. The monoisotopic (exact) mass is 566 g/mol. The molecule has 0 bridgehead atoms. The van der Waals surface area contributed by atoms with E-state index in [1.165, 1.54) is 12.1 Å². The highest BCUT2D eigenvalue weighted by molar-refractivity contribution is 6.12. The first-order chi connectivity index (χ1) is 19.6. The number of para-hydroxylation sites is 1. The zero-order chi connectivity index (χ0) is 29.1. The fraction of sp³-hybridized carbons (Fsp3) is 0.226. The lowest BCUT2D eigenvalue weighted by Crippen LogP contribution is -2.33. The summed E-state index contributed by atoms with van der Waals surface area (Å²) in [6.07, 6.45) is -6.92. The number of anilines is 1. The average molecular weight is 567 g/mol. The number of nitrogens with one attached hydrogen (secondary N) is 1. The quantitative estimate of drug-likeness (QED) is 0.193. The molecule has 212 valence electrons. The number of carbonyl (C=O) groups excluding carboxylic acids is 2. The maximum Gasteiger partial charge on any atom is 0.432 e. The van der Waals surface area contributed by atoms with E-state index in [1.54, 1.807) is 60.7 Å². The molecule has 2 heterocycles. The van der Waals surface area contributed by atoms with Crippen LogP contribution < -0.4 is 5.32 Å². The summed E-state index contributed by atoms with van der Waals surface area (Å²) in [7, 11) is 0. The van der Waals surface area contributed by atoms with Gasteiger partial charge in [0.15, 0.2) is 0 Å². The lowest BCUT2D eigenvalue weighted by molar-refractivity contribution is -0.161. The number of benzene rings is 3. The molecule has 1 saturated heterocycles. The molecule has 2 N–H and O–H groups in total. The summed E-state index contributed by atoms with van der Waals surface area (Å²) in [5, 5.41) is 12.6. The van der Waals surface area contributed by atoms with Crippen LogP contribution in [0, 0.1) is 5.82 Å². The number of carbonyl (C=O) groups is 2. The Kier molecular flexibility index (Phi) is 7.94. The Morgan fingerprint density at radius 3 is 2.20 bits per heavy atom. The van der Waals surface area contributed by atoms with Gasteiger partial charge in [-0.2, -0.15) is 13.2 Å². The summed E-state index contributed by atoms with van der Waals surface area (Å²) in [6.45, 7) is -0.301. The molecule has 0 spiro atoms. The molecule has 4 aromatic rings. The van der Waals surface area contributed by atoms with E-state index in [2.05, 4.69) is 5.32 Å². The number of aliphatic hydroxyl groups is 1. The number of hydrogen-bond donors (Lipinski definition) is 2. The number of nitrogens with zero attached hydrogens (tertiary/aromatic N) is 1. The van der Waals surface area contributed by atoms with Crippen LogP contribution in [0.25, 0.3) is 22.4 Å². The Morgan fingerprint density at radius 1 is 0.951 bits per heavy atom. The van der Waals surface area contributed by atoms with Crippen molar-refractivity contribution in [3.63, 3.8) is 0 Å². The van der Waals surface area contributed by atoms with Crippen molar-refractivity contribution in [1.29, 1.82) is 0 Å². The van der Waals surface area contributed by atoms with Crippen molar-refractivity contribution in [2.45, 2.75) is 44.2 Å². The first kappa shape index (κ1) is 28.1. The summed E-state index contributed by atoms with van der Waals surface area (Å²) >= 11 is 0. The summed E-state index contributed by atoms with van der Waals surface area (Å²) in [5.74, 6) is -2.18. The summed E-state index contributed by atoms with van der Waals surface area (Å²) < 4.78 is 65.2. The van der Waals surface area contributed by atoms with Gasteiger partial charge in [-0.3, -0.25) is 9.59 Å². The fourth-order valence-corrected chi connectivity index (χ4v) is 5.18. The van der Waals surface area contributed by atoms with Gasteiger partial charge in [0, 0.05) is 30.6 Å². The van der Waals surface area contributed by atoms with E-state index in [9.17, 15) is 19.1 Å². The highest BCUT2D eigenvalue weighted by Crippen LogP contribution is 2.46. The maximum absolute atomic E-state index is 15.0. The number of cyclic esters (lactones) is 1. The van der Waals surface area contributed by atoms with Crippen molar-refractivity contribution < 1.29 is 37.0 Å². The van der Waals surface area contributed by atoms with Gasteiger partial charge in [0.25, 0.3) is 5.91 Å². The van der Waals surface area contributed by atoms with Gasteiger partial charge in [-0.05, 0) is 47.5 Å². The molecular formula is C31H26F4N2O4. The molecule has 10 heteroatoms. The predicted molar refractivity (Wildman–Crippen MR) is 144 cm³/mol. The number of aliphatic hydroxyl groups excluding tert-OH is 1. The van der Waals surface area contributed by atoms with Gasteiger partial charge in [0.05, 0.1) is 23.8 Å². The van der Waals surface area contributed by atoms with Gasteiger partial charge in [0.2, 0.25) is 0 Å². The molecule has 1 aliphatic heterocycles. The molecule has 2 atom stereocenters. The van der Waals surface area contributed by atoms with E-state index in [4.69, 9.17) is 4.74 Å². The molecule has 2 unspecified atom stereocenters. The van der Waals surface area contributed by atoms with Gasteiger partial charge < -0.3 is 19.7 Å². The van der Waals surface area contributed by atoms with E-state index in [-0.39, 0.29) is 42.6 Å². The topological polar surface area (TPSA) is 80.6 Å². The zero-order valence-corrected chi connectivity index (χ0v) is 21.7. The van der Waals surface area contributed by atoms with E-state index < -0.39 is 47.3 Å². The van der Waals surface area contributed by atoms with Crippen LogP contribution in [0.15, 0.2) is 84.9 Å². The van der Waals surface area contributed by atoms with Gasteiger partial charge in [-0.15, -0.1) is 0 Å². The molecule has 6 nitrogen and oxygen atoms in total. The highest BCUT2D eigenvalue weighted by atomic mass is 19.4. The molecule has 1 aliphatic rings. The van der Waals surface area contributed by atoms with Crippen molar-refractivity contribution in [1.82, 2.24) is 4.57 Å². The third kappa shape index (κ3) is 6.17. The Labute approximate surface area is 233 Å². The Balaban J connectivity index is 1.74. The predicted octanol–water partition coefficient (Wildman–Crippen LogP) is 6.69. The normalized spacial score (nSPS) is 17.2. The van der Waals surface area contributed by atoms with E-state index in [0.717, 1.165) is 16.7 Å². The molecule has 41 heavy (non-hydrogen) atoms. The number of amides is 1. The van der Waals surface area contributed by atoms with Crippen molar-refractivity contribution >= 4 is 17.6 Å². The Hall–Kier alpha value is -4.44. The summed E-state index contributed by atoms with van der Waals surface area (Å²) in [4.78, 5) is 25.6. The van der Waals surface area contributed by atoms with Crippen LogP contribution in [0.2, 0.25) is 0 Å². The largest absolute Gasteiger partial charge is 0.462 e. The molecular weight excluding hydrogens is 540 g/mol. The molecule has 5 rings (SSSR count). The fourth-order valence-electron chi connectivity index (χ4n) is 5.18. The van der Waals surface area contributed by atoms with Crippen LogP contribution >= 0.6 is 0 Å². The van der Waals surface area contributed by atoms with Crippen molar-refractivity contribution in [2.75, 3.05) is 5.32 Å². The second-order valence-electron chi connectivity index (χ2n) is 9.78. The van der Waals surface area contributed by atoms with Crippen molar-refractivity contribution in [3.05, 3.63) is 102 Å². The molecule has 0 radical (unpaired) electrons. The summed E-state index contributed by atoms with van der Waals surface area (Å²) in [5.41, 5.74) is -0.768. The lowest BCUT2D eigenvalue weighted by atomic mass is 9.96. The molecule has 1 aromatic heterocycles. The van der Waals surface area contributed by atoms with Gasteiger partial charge in [-0.25, -0.2) is 4.39 Å². The number of ether oxygens (including phenoxy) is 1. The van der Waals surface area contributed by atoms with E-state index in [0.29, 0.717) is 11.3 Å². The van der Waals surface area contributed by atoms with Crippen LogP contribution in [0.4, 0.5) is 23.2 Å². The average Bonchev–Trinajstić information content (AvgIpc) is 3.29. The second kappa shape index (κ2) is 11.6. The smallest absolute Gasteiger partial charge is 0.432 e. The third-order valence-electron chi connectivity index (χ3n) is 6.88. The zero-order valence-electron chi connectivity index (χ0n) is 21.7. The molecule has 1 amide bonds. The summed E-state index contributed by atoms with van der Waals surface area (Å²) in [6, 6.07) is 21.3. The first-order valence-electron chi connectivity index (χ1n) is 13.0. The number of aromatic nitrogens is 1. The number of hydrogen-bond acceptors (Lipinski definition) is 4. The first-order valence-corrected chi connectivity index (χ1v) is 13.0. The second-order valence-corrected chi connectivity index (χ2v) is 9.78. The van der Waals surface area contributed by atoms with Crippen molar-refractivity contribution in [3.8, 4) is 22.4 Å². The molecule has 0 aliphatic carbocycles. The van der Waals surface area contributed by atoms with Crippen LogP contribution in [0.1, 0.15) is 35.3 Å². The Bertz CT molecular complexity index is 1530. The maximum atomic E-state index is 15.0. The minimum atomic E-state index is -4.98. The van der Waals surface area contributed by atoms with Crippen LogP contribution in [-0.2, 0) is 22.3 Å². The van der Waals surface area contributed by atoms with Crippen LogP contribution in [-0.4, -0.2) is 33.8 Å². The standard InChI is InChI=1S/C31H26F4N2O4/c32-21-13-11-20(12-14-21)28-26(19-7-3-1-4-8-19)27(30(40)36-22-9-5-2-6-10-22)29(31(33,34)35)37(28)16-15-24-17-23(38)18-25(39)41-24/h1-14,23-24,38H,15-18H2,(H,36,40). The molecule has 0 saturated carbocycles. The molecule has 3 aromatic carbocycles. The van der Waals surface area contributed by atoms with Gasteiger partial charge in [-0.1, -0.05) is 48.5 Å². The van der Waals surface area contributed by atoms with E-state index in [1.807, 2.05) is 0 Å². The highest BCUT2D eigenvalue weighted by Gasteiger charge is 2.44. The Morgan fingerprint density at radius 2 is 1.59 bits per heavy atom. The number of rotatable bonds is 7. The lowest BCUT2D eigenvalue weighted by Gasteiger charge is -2.27. The number of esters is 1. The molecule has 1 fully saturated rings. The van der Waals surface area contributed by atoms with Crippen LogP contribution in [0.3, 0.4) is 0 Å².